The van der Waals surface area contributed by atoms with Gasteiger partial charge in [0.25, 0.3) is 0 Å². The SMILES string of the molecule is CCCCCCCCc1ccccc1.CCCCCCN.CO. The Hall–Kier alpha value is -0.860. The molecule has 0 aromatic heterocycles. The van der Waals surface area contributed by atoms with Crippen molar-refractivity contribution in [3.63, 3.8) is 0 Å². The van der Waals surface area contributed by atoms with Crippen LogP contribution in [0.1, 0.15) is 83.6 Å². The van der Waals surface area contributed by atoms with Crippen LogP contribution in [0.5, 0.6) is 0 Å². The number of benzene rings is 1. The zero-order valence-electron chi connectivity index (χ0n) is 15.9. The lowest BCUT2D eigenvalue weighted by Gasteiger charge is -2.01. The van der Waals surface area contributed by atoms with Crippen molar-refractivity contribution >= 4 is 0 Å². The molecule has 0 spiro atoms. The number of aliphatic hydroxyl groups excluding tert-OH is 1. The van der Waals surface area contributed by atoms with E-state index in [0.29, 0.717) is 0 Å². The quantitative estimate of drug-likeness (QED) is 0.511. The lowest BCUT2D eigenvalue weighted by molar-refractivity contribution is 0.399. The van der Waals surface area contributed by atoms with Crippen LogP contribution in [0.25, 0.3) is 0 Å². The number of hydrogen-bond acceptors (Lipinski definition) is 2. The molecule has 1 aromatic carbocycles. The third-order valence-corrected chi connectivity index (χ3v) is 3.72. The molecule has 0 heterocycles. The van der Waals surface area contributed by atoms with Crippen molar-refractivity contribution in [1.29, 1.82) is 0 Å². The average Bonchev–Trinajstić information content (AvgIpc) is 2.62. The maximum atomic E-state index is 7.00. The van der Waals surface area contributed by atoms with Crippen LogP contribution in [0.4, 0.5) is 0 Å². The number of nitrogens with two attached hydrogens (primary N) is 1. The molecule has 0 aliphatic rings. The molecule has 0 amide bonds. The van der Waals surface area contributed by atoms with Crippen molar-refractivity contribution in [3.05, 3.63) is 35.9 Å². The molecular weight excluding hydrogens is 282 g/mol. The first-order valence-electron chi connectivity index (χ1n) is 9.53. The molecule has 136 valence electrons. The van der Waals surface area contributed by atoms with E-state index in [1.54, 1.807) is 0 Å². The van der Waals surface area contributed by atoms with Crippen LogP contribution in [0, 0.1) is 0 Å². The number of unbranched alkanes of at least 4 members (excludes halogenated alkanes) is 8. The predicted molar refractivity (Wildman–Crippen MR) is 105 cm³/mol. The molecule has 1 rings (SSSR count). The molecule has 0 radical (unpaired) electrons. The van der Waals surface area contributed by atoms with Crippen molar-refractivity contribution in [2.24, 2.45) is 5.73 Å². The van der Waals surface area contributed by atoms with Crippen LogP contribution in [0.2, 0.25) is 0 Å². The Morgan fingerprint density at radius 3 is 1.70 bits per heavy atom. The lowest BCUT2D eigenvalue weighted by Crippen LogP contribution is -1.97. The van der Waals surface area contributed by atoms with Gasteiger partial charge in [0, 0.05) is 7.11 Å². The molecule has 2 nitrogen and oxygen atoms in total. The molecule has 0 bridgehead atoms. The summed E-state index contributed by atoms with van der Waals surface area (Å²) in [6.07, 6.45) is 14.8. The van der Waals surface area contributed by atoms with E-state index in [9.17, 15) is 0 Å². The molecule has 0 saturated carbocycles. The van der Waals surface area contributed by atoms with Crippen molar-refractivity contribution in [1.82, 2.24) is 0 Å². The first-order chi connectivity index (χ1) is 11.3. The van der Waals surface area contributed by atoms with Crippen LogP contribution in [0.3, 0.4) is 0 Å². The summed E-state index contributed by atoms with van der Waals surface area (Å²) in [7, 11) is 1.00. The van der Waals surface area contributed by atoms with Gasteiger partial charge in [0.2, 0.25) is 0 Å². The van der Waals surface area contributed by atoms with Gasteiger partial charge in [-0.1, -0.05) is 95.5 Å². The molecule has 0 unspecified atom stereocenters. The highest BCUT2D eigenvalue weighted by atomic mass is 16.2. The highest BCUT2D eigenvalue weighted by molar-refractivity contribution is 5.14. The number of rotatable bonds is 11. The second kappa shape index (κ2) is 23.4. The van der Waals surface area contributed by atoms with Gasteiger partial charge < -0.3 is 10.8 Å². The van der Waals surface area contributed by atoms with Gasteiger partial charge in [-0.3, -0.25) is 0 Å². The lowest BCUT2D eigenvalue weighted by atomic mass is 10.1. The minimum Gasteiger partial charge on any atom is -0.400 e. The predicted octanol–water partition coefficient (Wildman–Crippen LogP) is 5.72. The summed E-state index contributed by atoms with van der Waals surface area (Å²) >= 11 is 0. The molecule has 0 aliphatic carbocycles. The van der Waals surface area contributed by atoms with Crippen LogP contribution in [-0.4, -0.2) is 18.8 Å². The topological polar surface area (TPSA) is 46.2 Å². The van der Waals surface area contributed by atoms with Crippen LogP contribution in [-0.2, 0) is 6.42 Å². The fourth-order valence-electron chi connectivity index (χ4n) is 2.33. The monoisotopic (exact) mass is 323 g/mol. The first-order valence-corrected chi connectivity index (χ1v) is 9.53. The first kappa shape index (κ1) is 24.4. The normalized spacial score (nSPS) is 9.43. The van der Waals surface area contributed by atoms with E-state index < -0.39 is 0 Å². The molecule has 3 N–H and O–H groups in total. The minimum atomic E-state index is 0.861. The second-order valence-electron chi connectivity index (χ2n) is 5.85. The molecule has 0 fully saturated rings. The van der Waals surface area contributed by atoms with E-state index in [1.165, 1.54) is 76.2 Å². The number of hydrogen-bond donors (Lipinski definition) is 2. The van der Waals surface area contributed by atoms with Crippen molar-refractivity contribution < 1.29 is 5.11 Å². The molecule has 1 aromatic rings. The summed E-state index contributed by atoms with van der Waals surface area (Å²) in [6, 6.07) is 10.8. The zero-order valence-corrected chi connectivity index (χ0v) is 15.9. The van der Waals surface area contributed by atoms with Crippen LogP contribution in [0.15, 0.2) is 30.3 Å². The highest BCUT2D eigenvalue weighted by Crippen LogP contribution is 2.09. The molecule has 0 saturated heterocycles. The van der Waals surface area contributed by atoms with Crippen molar-refractivity contribution in [2.45, 2.75) is 84.5 Å². The van der Waals surface area contributed by atoms with E-state index >= 15 is 0 Å². The molecule has 2 heteroatoms. The highest BCUT2D eigenvalue weighted by Gasteiger charge is 1.92. The van der Waals surface area contributed by atoms with Gasteiger partial charge in [-0.15, -0.1) is 0 Å². The van der Waals surface area contributed by atoms with Gasteiger partial charge in [0.15, 0.2) is 0 Å². The van der Waals surface area contributed by atoms with Crippen LogP contribution >= 0.6 is 0 Å². The van der Waals surface area contributed by atoms with E-state index in [1.807, 2.05) is 0 Å². The fourth-order valence-corrected chi connectivity index (χ4v) is 2.33. The standard InChI is InChI=1S/C14H22.C6H15N.CH4O/c1-2-3-4-5-6-8-11-14-12-9-7-10-13-14;1-2-3-4-5-6-7;1-2/h7,9-10,12-13H,2-6,8,11H2,1H3;2-7H2,1H3;2H,1H3. The summed E-state index contributed by atoms with van der Waals surface area (Å²) in [5.74, 6) is 0. The zero-order chi connectivity index (χ0) is 17.6. The van der Waals surface area contributed by atoms with E-state index in [0.717, 1.165) is 13.7 Å². The Labute approximate surface area is 145 Å². The average molecular weight is 324 g/mol. The third kappa shape index (κ3) is 21.1. The van der Waals surface area contributed by atoms with Gasteiger partial charge in [-0.2, -0.15) is 0 Å². The van der Waals surface area contributed by atoms with Crippen molar-refractivity contribution in [2.75, 3.05) is 13.7 Å². The van der Waals surface area contributed by atoms with Gasteiger partial charge in [-0.25, -0.2) is 0 Å². The summed E-state index contributed by atoms with van der Waals surface area (Å²) in [6.45, 7) is 5.33. The van der Waals surface area contributed by atoms with Gasteiger partial charge in [-0.05, 0) is 31.4 Å². The maximum absolute atomic E-state index is 7.00. The molecule has 0 atom stereocenters. The Morgan fingerprint density at radius 1 is 0.696 bits per heavy atom. The number of aryl methyl sites for hydroxylation is 1. The van der Waals surface area contributed by atoms with Crippen molar-refractivity contribution in [3.8, 4) is 0 Å². The Bertz CT molecular complexity index is 283. The minimum absolute atomic E-state index is 0.861. The molecular formula is C21H41NO. The smallest absolute Gasteiger partial charge is 0.0319 e. The number of aliphatic hydroxyl groups is 1. The Balaban J connectivity index is 0. The van der Waals surface area contributed by atoms with Gasteiger partial charge in [0.1, 0.15) is 0 Å². The van der Waals surface area contributed by atoms with E-state index in [-0.39, 0.29) is 0 Å². The summed E-state index contributed by atoms with van der Waals surface area (Å²) in [5.41, 5.74) is 6.76. The summed E-state index contributed by atoms with van der Waals surface area (Å²) in [4.78, 5) is 0. The maximum Gasteiger partial charge on any atom is 0.0319 e. The summed E-state index contributed by atoms with van der Waals surface area (Å²) < 4.78 is 0. The van der Waals surface area contributed by atoms with Crippen LogP contribution < -0.4 is 5.73 Å². The largest absolute Gasteiger partial charge is 0.400 e. The van der Waals surface area contributed by atoms with E-state index in [2.05, 4.69) is 44.2 Å². The molecule has 0 aliphatic heterocycles. The second-order valence-corrected chi connectivity index (χ2v) is 5.85. The summed E-state index contributed by atoms with van der Waals surface area (Å²) in [5, 5.41) is 7.00. The van der Waals surface area contributed by atoms with E-state index in [4.69, 9.17) is 10.8 Å². The Kier molecular flexibility index (Phi) is 24.8. The Morgan fingerprint density at radius 2 is 1.17 bits per heavy atom. The third-order valence-electron chi connectivity index (χ3n) is 3.72. The fraction of sp³-hybridized carbons (Fsp3) is 0.714. The van der Waals surface area contributed by atoms with Gasteiger partial charge in [0.05, 0.1) is 0 Å². The molecule has 23 heavy (non-hydrogen) atoms. The van der Waals surface area contributed by atoms with Gasteiger partial charge >= 0.3 is 0 Å².